The maximum atomic E-state index is 12.0. The summed E-state index contributed by atoms with van der Waals surface area (Å²) in [5.41, 5.74) is 0.719. The van der Waals surface area contributed by atoms with E-state index in [0.29, 0.717) is 18.1 Å². The van der Waals surface area contributed by atoms with Crippen molar-refractivity contribution in [3.05, 3.63) is 64.2 Å². The van der Waals surface area contributed by atoms with Gasteiger partial charge in [0.05, 0.1) is 18.6 Å². The monoisotopic (exact) mass is 342 g/mol. The fourth-order valence-electron chi connectivity index (χ4n) is 2.15. The maximum absolute atomic E-state index is 12.0. The molecule has 0 atom stereocenters. The fraction of sp³-hybridized carbons (Fsp3) is 0.167. The highest BCUT2D eigenvalue weighted by atomic mass is 16.6. The number of hydrogen-bond acceptors (Lipinski definition) is 5. The van der Waals surface area contributed by atoms with E-state index >= 15 is 0 Å². The van der Waals surface area contributed by atoms with Crippen molar-refractivity contribution in [1.82, 2.24) is 0 Å². The van der Waals surface area contributed by atoms with Gasteiger partial charge in [-0.25, -0.2) is 0 Å². The van der Waals surface area contributed by atoms with Crippen molar-refractivity contribution >= 4 is 23.4 Å². The van der Waals surface area contributed by atoms with Gasteiger partial charge in [-0.05, 0) is 36.8 Å². The Kier molecular flexibility index (Phi) is 6.11. The van der Waals surface area contributed by atoms with E-state index in [9.17, 15) is 14.9 Å². The summed E-state index contributed by atoms with van der Waals surface area (Å²) in [7, 11) is 1.53. The first-order valence-electron chi connectivity index (χ1n) is 7.58. The number of amides is 1. The smallest absolute Gasteiger partial charge is 0.292 e. The number of hydrogen-bond donors (Lipinski definition) is 1. The third-order valence-electron chi connectivity index (χ3n) is 3.27. The van der Waals surface area contributed by atoms with Crippen LogP contribution in [0.25, 0.3) is 6.08 Å². The van der Waals surface area contributed by atoms with Crippen molar-refractivity contribution in [2.24, 2.45) is 0 Å². The van der Waals surface area contributed by atoms with Gasteiger partial charge in [-0.15, -0.1) is 0 Å². The highest BCUT2D eigenvalue weighted by Gasteiger charge is 2.13. The molecule has 2 aromatic carbocycles. The van der Waals surface area contributed by atoms with Gasteiger partial charge in [-0.3, -0.25) is 14.9 Å². The van der Waals surface area contributed by atoms with E-state index in [-0.39, 0.29) is 11.4 Å². The van der Waals surface area contributed by atoms with Gasteiger partial charge in [0, 0.05) is 12.1 Å². The second-order valence-electron chi connectivity index (χ2n) is 4.94. The minimum atomic E-state index is -0.545. The third-order valence-corrected chi connectivity index (χ3v) is 3.27. The highest BCUT2D eigenvalue weighted by Crippen LogP contribution is 2.28. The quantitative estimate of drug-likeness (QED) is 0.471. The van der Waals surface area contributed by atoms with Crippen molar-refractivity contribution < 1.29 is 19.2 Å². The second-order valence-corrected chi connectivity index (χ2v) is 4.94. The Bertz CT molecular complexity index is 802. The molecular weight excluding hydrogens is 324 g/mol. The molecule has 1 amide bonds. The maximum Gasteiger partial charge on any atom is 0.292 e. The van der Waals surface area contributed by atoms with Crippen LogP contribution in [0.1, 0.15) is 12.5 Å². The first-order chi connectivity index (χ1) is 12.0. The zero-order valence-corrected chi connectivity index (χ0v) is 13.9. The lowest BCUT2D eigenvalue weighted by Crippen LogP contribution is -2.09. The van der Waals surface area contributed by atoms with Crippen LogP contribution in [0.2, 0.25) is 0 Å². The number of benzene rings is 2. The minimum absolute atomic E-state index is 0.145. The summed E-state index contributed by atoms with van der Waals surface area (Å²) in [4.78, 5) is 22.4. The predicted molar refractivity (Wildman–Crippen MR) is 94.9 cm³/mol. The number of nitro groups is 1. The normalized spacial score (nSPS) is 10.5. The van der Waals surface area contributed by atoms with E-state index in [0.717, 1.165) is 5.56 Å². The molecule has 0 fully saturated rings. The van der Waals surface area contributed by atoms with Crippen molar-refractivity contribution in [1.29, 1.82) is 0 Å². The Morgan fingerprint density at radius 1 is 1.24 bits per heavy atom. The minimum Gasteiger partial charge on any atom is -0.493 e. The summed E-state index contributed by atoms with van der Waals surface area (Å²) < 4.78 is 10.7. The Hall–Kier alpha value is -3.35. The van der Waals surface area contributed by atoms with Gasteiger partial charge in [0.25, 0.3) is 5.69 Å². The summed E-state index contributed by atoms with van der Waals surface area (Å²) in [5, 5.41) is 13.4. The van der Waals surface area contributed by atoms with Gasteiger partial charge in [0.2, 0.25) is 5.91 Å². The lowest BCUT2D eigenvalue weighted by molar-refractivity contribution is -0.383. The van der Waals surface area contributed by atoms with Crippen LogP contribution in [0.4, 0.5) is 11.4 Å². The molecule has 0 aliphatic heterocycles. The number of nitrogens with one attached hydrogen (secondary N) is 1. The molecule has 0 saturated carbocycles. The largest absolute Gasteiger partial charge is 0.493 e. The van der Waals surface area contributed by atoms with Gasteiger partial charge in [-0.1, -0.05) is 18.2 Å². The predicted octanol–water partition coefficient (Wildman–Crippen LogP) is 3.65. The Balaban J connectivity index is 2.12. The number of anilines is 1. The fourth-order valence-corrected chi connectivity index (χ4v) is 2.15. The number of carbonyl (C=O) groups excluding carboxylic acids is 1. The lowest BCUT2D eigenvalue weighted by Gasteiger charge is -2.09. The molecular formula is C18H18N2O5. The number of methoxy groups -OCH3 is 1. The average Bonchev–Trinajstić information content (AvgIpc) is 2.61. The number of carbonyl (C=O) groups is 1. The van der Waals surface area contributed by atoms with Crippen molar-refractivity contribution in [2.45, 2.75) is 6.92 Å². The molecule has 0 heterocycles. The van der Waals surface area contributed by atoms with Gasteiger partial charge >= 0.3 is 0 Å². The summed E-state index contributed by atoms with van der Waals surface area (Å²) in [5.74, 6) is 0.705. The molecule has 0 radical (unpaired) electrons. The molecule has 0 aromatic heterocycles. The average molecular weight is 342 g/mol. The number of rotatable bonds is 7. The van der Waals surface area contributed by atoms with E-state index in [1.54, 1.807) is 30.3 Å². The highest BCUT2D eigenvalue weighted by molar-refractivity contribution is 6.03. The van der Waals surface area contributed by atoms with Gasteiger partial charge < -0.3 is 14.8 Å². The van der Waals surface area contributed by atoms with E-state index in [4.69, 9.17) is 9.47 Å². The Labute approximate surface area is 145 Å². The van der Waals surface area contributed by atoms with Crippen LogP contribution < -0.4 is 14.8 Å². The van der Waals surface area contributed by atoms with Crippen LogP contribution in [0, 0.1) is 10.1 Å². The molecule has 7 nitrogen and oxygen atoms in total. The molecule has 0 aliphatic carbocycles. The summed E-state index contributed by atoms with van der Waals surface area (Å²) >= 11 is 0. The van der Waals surface area contributed by atoms with Crippen molar-refractivity contribution in [3.8, 4) is 11.5 Å². The van der Waals surface area contributed by atoms with Crippen molar-refractivity contribution in [3.63, 3.8) is 0 Å². The van der Waals surface area contributed by atoms with Gasteiger partial charge in [0.1, 0.15) is 5.69 Å². The van der Waals surface area contributed by atoms with E-state index in [2.05, 4.69) is 5.32 Å². The SMILES string of the molecule is CCOc1ccc(/C=C/C(=O)Nc2ccccc2[N+](=O)[O-])cc1OC. The van der Waals surface area contributed by atoms with Crippen LogP contribution in [-0.2, 0) is 4.79 Å². The molecule has 0 aliphatic rings. The van der Waals surface area contributed by atoms with Crippen LogP contribution in [0.3, 0.4) is 0 Å². The van der Waals surface area contributed by atoms with Gasteiger partial charge in [-0.2, -0.15) is 0 Å². The lowest BCUT2D eigenvalue weighted by atomic mass is 10.2. The van der Waals surface area contributed by atoms with Crippen LogP contribution in [0.5, 0.6) is 11.5 Å². The molecule has 2 rings (SSSR count). The summed E-state index contributed by atoms with van der Waals surface area (Å²) in [6.45, 7) is 2.39. The summed E-state index contributed by atoms with van der Waals surface area (Å²) in [6, 6.07) is 11.2. The van der Waals surface area contributed by atoms with Crippen LogP contribution in [0.15, 0.2) is 48.5 Å². The molecule has 0 unspecified atom stereocenters. The standard InChI is InChI=1S/C18H18N2O5/c1-3-25-16-10-8-13(12-17(16)24-2)9-11-18(21)19-14-6-4-5-7-15(14)20(22)23/h4-12H,3H2,1-2H3,(H,19,21)/b11-9+. The van der Waals surface area contributed by atoms with Crippen molar-refractivity contribution in [2.75, 3.05) is 19.0 Å². The number of para-hydroxylation sites is 2. The van der Waals surface area contributed by atoms with Gasteiger partial charge in [0.15, 0.2) is 11.5 Å². The topological polar surface area (TPSA) is 90.7 Å². The molecule has 0 bridgehead atoms. The Morgan fingerprint density at radius 2 is 2.00 bits per heavy atom. The Morgan fingerprint density at radius 3 is 2.68 bits per heavy atom. The first-order valence-corrected chi connectivity index (χ1v) is 7.58. The summed E-state index contributed by atoms with van der Waals surface area (Å²) in [6.07, 6.45) is 2.88. The number of nitro benzene ring substituents is 1. The molecule has 2 aromatic rings. The molecule has 0 spiro atoms. The van der Waals surface area contributed by atoms with E-state index < -0.39 is 10.8 Å². The molecule has 130 valence electrons. The first kappa shape index (κ1) is 18.0. The molecule has 7 heteroatoms. The van der Waals surface area contributed by atoms with E-state index in [1.165, 1.54) is 31.4 Å². The van der Waals surface area contributed by atoms with Crippen LogP contribution >= 0.6 is 0 Å². The molecule has 0 saturated heterocycles. The zero-order chi connectivity index (χ0) is 18.2. The zero-order valence-electron chi connectivity index (χ0n) is 13.9. The van der Waals surface area contributed by atoms with E-state index in [1.807, 2.05) is 6.92 Å². The van der Waals surface area contributed by atoms with Crippen LogP contribution in [-0.4, -0.2) is 24.5 Å². The third kappa shape index (κ3) is 4.81. The second kappa shape index (κ2) is 8.49. The number of nitrogens with zero attached hydrogens (tertiary/aromatic N) is 1. The molecule has 1 N–H and O–H groups in total. The number of ether oxygens (including phenoxy) is 2. The molecule has 25 heavy (non-hydrogen) atoms.